The Morgan fingerprint density at radius 3 is 1.42 bits per heavy atom. The molecule has 0 rings (SSSR count). The van der Waals surface area contributed by atoms with Gasteiger partial charge in [-0.3, -0.25) is 19.7 Å². The summed E-state index contributed by atoms with van der Waals surface area (Å²) >= 11 is 0. The molecule has 0 aliphatic heterocycles. The molecule has 0 heterocycles. The van der Waals surface area contributed by atoms with Crippen molar-refractivity contribution in [2.24, 2.45) is 0 Å². The third kappa shape index (κ3) is 33.4. The van der Waals surface area contributed by atoms with Gasteiger partial charge in [0.05, 0.1) is 20.3 Å². The number of carbonyl (C=O) groups is 5. The van der Waals surface area contributed by atoms with E-state index in [0.29, 0.717) is 31.7 Å². The van der Waals surface area contributed by atoms with Crippen LogP contribution >= 0.6 is 21.6 Å². The van der Waals surface area contributed by atoms with Gasteiger partial charge in [-0.25, -0.2) is 9.59 Å². The van der Waals surface area contributed by atoms with Crippen molar-refractivity contribution in [1.82, 2.24) is 21.3 Å². The van der Waals surface area contributed by atoms with Crippen LogP contribution in [-0.4, -0.2) is 103 Å². The summed E-state index contributed by atoms with van der Waals surface area (Å²) in [6.45, 7) is 11.6. The lowest BCUT2D eigenvalue weighted by Gasteiger charge is -2.27. The van der Waals surface area contributed by atoms with Gasteiger partial charge in [0.15, 0.2) is 0 Å². The van der Waals surface area contributed by atoms with Gasteiger partial charge in [-0.15, -0.1) is 0 Å². The van der Waals surface area contributed by atoms with Gasteiger partial charge in [0.25, 0.3) is 0 Å². The molecule has 16 heteroatoms. The van der Waals surface area contributed by atoms with Crippen LogP contribution in [0.3, 0.4) is 0 Å². The SMILES string of the molecule is COC(=O)CCCCCCCCCCCNC(=O)C(CSSCC(NC(=O)OC(C)(C)C)C(O)NCCCCCCCCC(=O)OC)NC(=O)OC(C)(C)C. The lowest BCUT2D eigenvalue weighted by Crippen LogP contribution is -2.52. The van der Waals surface area contributed by atoms with Crippen LogP contribution in [0.15, 0.2) is 0 Å². The zero-order valence-corrected chi connectivity index (χ0v) is 36.7. The van der Waals surface area contributed by atoms with Gasteiger partial charge in [-0.05, 0) is 73.8 Å². The molecule has 322 valence electrons. The van der Waals surface area contributed by atoms with E-state index >= 15 is 0 Å². The first-order valence-electron chi connectivity index (χ1n) is 20.0. The fourth-order valence-corrected chi connectivity index (χ4v) is 7.61. The minimum absolute atomic E-state index is 0.152. The lowest BCUT2D eigenvalue weighted by atomic mass is 10.1. The molecule has 0 saturated carbocycles. The number of hydrogen-bond donors (Lipinski definition) is 5. The first kappa shape index (κ1) is 52.6. The van der Waals surface area contributed by atoms with Crippen molar-refractivity contribution in [3.63, 3.8) is 0 Å². The average Bonchev–Trinajstić information content (AvgIpc) is 3.09. The summed E-state index contributed by atoms with van der Waals surface area (Å²) in [5, 5.41) is 22.5. The van der Waals surface area contributed by atoms with E-state index in [1.165, 1.54) is 35.8 Å². The summed E-state index contributed by atoms with van der Waals surface area (Å²) < 4.78 is 20.2. The molecule has 0 aromatic heterocycles. The smallest absolute Gasteiger partial charge is 0.408 e. The molecular formula is C39H74N4O10S2. The highest BCUT2D eigenvalue weighted by atomic mass is 33.1. The molecule has 0 saturated heterocycles. The quantitative estimate of drug-likeness (QED) is 0.0156. The van der Waals surface area contributed by atoms with Crippen molar-refractivity contribution in [3.8, 4) is 0 Å². The molecule has 0 aliphatic carbocycles. The van der Waals surface area contributed by atoms with E-state index in [1.807, 2.05) is 0 Å². The van der Waals surface area contributed by atoms with Crippen molar-refractivity contribution in [3.05, 3.63) is 0 Å². The Labute approximate surface area is 339 Å². The van der Waals surface area contributed by atoms with E-state index in [9.17, 15) is 29.1 Å². The van der Waals surface area contributed by atoms with Crippen LogP contribution in [0.2, 0.25) is 0 Å². The standard InChI is InChI=1S/C39H74N4O10S2/c1-38(2,3)52-36(48)42-30(34(46)40-26-22-18-14-11-9-10-12-16-20-24-32(44)50-7)28-54-55-29-31(43-37(49)53-39(4,5)6)35(47)41-27-23-19-15-13-17-21-25-33(45)51-8/h30-31,35,41,47H,9-29H2,1-8H3,(H,40,46)(H,42,48)(H,43,49). The average molecular weight is 823 g/mol. The number of hydrogen-bond acceptors (Lipinski definition) is 13. The van der Waals surface area contributed by atoms with Crippen LogP contribution in [0.25, 0.3) is 0 Å². The summed E-state index contributed by atoms with van der Waals surface area (Å²) in [6, 6.07) is -1.55. The second kappa shape index (κ2) is 31.6. The van der Waals surface area contributed by atoms with Crippen molar-refractivity contribution in [1.29, 1.82) is 0 Å². The van der Waals surface area contributed by atoms with E-state index < -0.39 is 41.7 Å². The Bertz CT molecular complexity index is 1070. The zero-order chi connectivity index (χ0) is 41.5. The molecular weight excluding hydrogens is 749 g/mol. The van der Waals surface area contributed by atoms with Crippen LogP contribution in [0, 0.1) is 0 Å². The van der Waals surface area contributed by atoms with E-state index in [-0.39, 0.29) is 23.6 Å². The fraction of sp³-hybridized carbons (Fsp3) is 0.872. The maximum absolute atomic E-state index is 13.2. The van der Waals surface area contributed by atoms with Gasteiger partial charge < -0.3 is 40.0 Å². The van der Waals surface area contributed by atoms with Crippen molar-refractivity contribution >= 4 is 51.6 Å². The zero-order valence-electron chi connectivity index (χ0n) is 35.0. The number of esters is 2. The molecule has 55 heavy (non-hydrogen) atoms. The molecule has 0 aromatic rings. The van der Waals surface area contributed by atoms with Gasteiger partial charge in [0.1, 0.15) is 23.5 Å². The number of aliphatic hydroxyl groups excluding tert-OH is 1. The predicted octanol–water partition coefficient (Wildman–Crippen LogP) is 7.16. The first-order valence-corrected chi connectivity index (χ1v) is 22.5. The minimum Gasteiger partial charge on any atom is -0.469 e. The van der Waals surface area contributed by atoms with Crippen molar-refractivity contribution in [2.45, 2.75) is 180 Å². The molecule has 3 atom stereocenters. The molecule has 0 radical (unpaired) electrons. The Hall–Kier alpha value is -2.43. The van der Waals surface area contributed by atoms with Gasteiger partial charge >= 0.3 is 24.1 Å². The highest BCUT2D eigenvalue weighted by molar-refractivity contribution is 8.76. The highest BCUT2D eigenvalue weighted by Crippen LogP contribution is 2.24. The molecule has 0 aliphatic rings. The van der Waals surface area contributed by atoms with E-state index in [2.05, 4.69) is 30.7 Å². The minimum atomic E-state index is -1.04. The maximum Gasteiger partial charge on any atom is 0.408 e. The summed E-state index contributed by atoms with van der Waals surface area (Å²) in [6.07, 6.45) is 13.4. The number of nitrogens with one attached hydrogen (secondary N) is 4. The third-order valence-corrected chi connectivity index (χ3v) is 10.6. The second-order valence-electron chi connectivity index (χ2n) is 15.7. The van der Waals surface area contributed by atoms with Gasteiger partial charge in [-0.2, -0.15) is 0 Å². The number of aliphatic hydroxyl groups is 1. The molecule has 14 nitrogen and oxygen atoms in total. The Balaban J connectivity index is 4.89. The number of unbranched alkanes of at least 4 members (excludes halogenated alkanes) is 13. The number of carbonyl (C=O) groups excluding carboxylic acids is 5. The molecule has 5 N–H and O–H groups in total. The highest BCUT2D eigenvalue weighted by Gasteiger charge is 2.27. The summed E-state index contributed by atoms with van der Waals surface area (Å²) in [5.74, 6) is -0.112. The summed E-state index contributed by atoms with van der Waals surface area (Å²) in [7, 11) is 5.52. The van der Waals surface area contributed by atoms with E-state index in [4.69, 9.17) is 9.47 Å². The Morgan fingerprint density at radius 1 is 0.564 bits per heavy atom. The first-order chi connectivity index (χ1) is 26.0. The summed E-state index contributed by atoms with van der Waals surface area (Å²) in [4.78, 5) is 60.9. The molecule has 0 fully saturated rings. The fourth-order valence-electron chi connectivity index (χ4n) is 5.21. The number of ether oxygens (including phenoxy) is 4. The van der Waals surface area contributed by atoms with Crippen LogP contribution in [-0.2, 0) is 33.3 Å². The number of alkyl carbamates (subject to hydrolysis) is 2. The third-order valence-electron chi connectivity index (χ3n) is 8.13. The normalized spacial score (nSPS) is 13.3. The summed E-state index contributed by atoms with van der Waals surface area (Å²) in [5.41, 5.74) is -1.44. The largest absolute Gasteiger partial charge is 0.469 e. The second-order valence-corrected chi connectivity index (χ2v) is 18.2. The molecule has 0 bridgehead atoms. The van der Waals surface area contributed by atoms with Gasteiger partial charge in [0, 0.05) is 30.9 Å². The van der Waals surface area contributed by atoms with Gasteiger partial charge in [-0.1, -0.05) is 92.2 Å². The van der Waals surface area contributed by atoms with Crippen molar-refractivity contribution < 1.29 is 48.0 Å². The molecule has 3 amide bonds. The van der Waals surface area contributed by atoms with Crippen LogP contribution in [0.4, 0.5) is 9.59 Å². The Kier molecular flexibility index (Phi) is 30.2. The Morgan fingerprint density at radius 2 is 0.964 bits per heavy atom. The monoisotopic (exact) mass is 822 g/mol. The number of rotatable bonds is 31. The predicted molar refractivity (Wildman–Crippen MR) is 221 cm³/mol. The van der Waals surface area contributed by atoms with E-state index in [1.54, 1.807) is 41.5 Å². The van der Waals surface area contributed by atoms with Crippen LogP contribution in [0.5, 0.6) is 0 Å². The van der Waals surface area contributed by atoms with Crippen molar-refractivity contribution in [2.75, 3.05) is 38.8 Å². The number of amides is 3. The molecule has 3 unspecified atom stereocenters. The molecule has 0 aromatic carbocycles. The lowest BCUT2D eigenvalue weighted by molar-refractivity contribution is -0.141. The topological polar surface area (TPSA) is 191 Å². The van der Waals surface area contributed by atoms with Gasteiger partial charge in [0.2, 0.25) is 5.91 Å². The number of methoxy groups -OCH3 is 2. The van der Waals surface area contributed by atoms with Crippen LogP contribution in [0.1, 0.15) is 151 Å². The maximum atomic E-state index is 13.2. The van der Waals surface area contributed by atoms with Crippen LogP contribution < -0.4 is 21.3 Å². The van der Waals surface area contributed by atoms with E-state index in [0.717, 1.165) is 96.3 Å². The molecule has 0 spiro atoms.